The third kappa shape index (κ3) is 3.40. The number of hydrogen-bond acceptors (Lipinski definition) is 0. The van der Waals surface area contributed by atoms with Crippen LogP contribution in [0.2, 0.25) is 0 Å². The maximum atomic E-state index is 2.77. The first-order valence-electron chi connectivity index (χ1n) is 12.0. The summed E-state index contributed by atoms with van der Waals surface area (Å²) in [6.45, 7) is 2.59. The van der Waals surface area contributed by atoms with Crippen molar-refractivity contribution in [1.82, 2.24) is 0 Å². The van der Waals surface area contributed by atoms with Gasteiger partial charge in [-0.15, -0.1) is 0 Å². The second-order valence-electron chi connectivity index (χ2n) is 11.2. The van der Waals surface area contributed by atoms with E-state index in [1.54, 1.807) is 31.4 Å². The number of rotatable bonds is 3. The largest absolute Gasteiger partial charge is 1.00 e. The molecule has 0 nitrogen and oxygen atoms in total. The van der Waals surface area contributed by atoms with Crippen LogP contribution in [0.1, 0.15) is 56.6 Å². The van der Waals surface area contributed by atoms with Crippen LogP contribution in [0.5, 0.6) is 0 Å². The van der Waals surface area contributed by atoms with Gasteiger partial charge in [-0.05, 0) is 0 Å². The van der Waals surface area contributed by atoms with E-state index in [9.17, 15) is 0 Å². The molecule has 3 heteroatoms. The fourth-order valence-corrected chi connectivity index (χ4v) is 11.7. The maximum absolute atomic E-state index is 2.77. The van der Waals surface area contributed by atoms with Crippen LogP contribution in [-0.4, -0.2) is 0 Å². The molecule has 164 valence electrons. The van der Waals surface area contributed by atoms with Crippen molar-refractivity contribution in [1.29, 1.82) is 0 Å². The van der Waals surface area contributed by atoms with Crippen LogP contribution < -0.4 is 28.1 Å². The fourth-order valence-electron chi connectivity index (χ4n) is 8.29. The van der Waals surface area contributed by atoms with Crippen LogP contribution in [0, 0.1) is 28.6 Å². The summed E-state index contributed by atoms with van der Waals surface area (Å²) in [7, 11) is 0. The van der Waals surface area contributed by atoms with E-state index in [1.165, 1.54) is 36.0 Å². The average molecular weight is 541 g/mol. The third-order valence-corrected chi connectivity index (χ3v) is 12.7. The Balaban J connectivity index is 0.00000108. The molecule has 0 aromatic heterocycles. The second kappa shape index (κ2) is 8.25. The van der Waals surface area contributed by atoms with Crippen molar-refractivity contribution in [2.24, 2.45) is 28.6 Å². The number of allylic oxidation sites excluding steroid dienone is 4. The van der Waals surface area contributed by atoms with E-state index in [-0.39, 0.29) is 24.8 Å². The smallest absolute Gasteiger partial charge is 1.00 e. The minimum Gasteiger partial charge on any atom is -1.00 e. The fraction of sp³-hybridized carbons (Fsp3) is 0.448. The van der Waals surface area contributed by atoms with Gasteiger partial charge in [-0.25, -0.2) is 0 Å². The van der Waals surface area contributed by atoms with Gasteiger partial charge < -0.3 is 24.8 Å². The zero-order chi connectivity index (χ0) is 19.9. The summed E-state index contributed by atoms with van der Waals surface area (Å²) in [5.41, 5.74) is 7.05. The van der Waals surface area contributed by atoms with Gasteiger partial charge >= 0.3 is 193 Å². The summed E-state index contributed by atoms with van der Waals surface area (Å²) in [5, 5.41) is 0. The third-order valence-electron chi connectivity index (χ3n) is 9.38. The average Bonchev–Trinajstić information content (AvgIpc) is 3.29. The monoisotopic (exact) mass is 538 g/mol. The Labute approximate surface area is 216 Å². The molecule has 2 aromatic carbocycles. The molecule has 0 radical (unpaired) electrons. The predicted octanol–water partition coefficient (Wildman–Crippen LogP) is 0.650. The topological polar surface area (TPSA) is 0 Å². The zero-order valence-electron chi connectivity index (χ0n) is 18.7. The predicted molar refractivity (Wildman–Crippen MR) is 120 cm³/mol. The summed E-state index contributed by atoms with van der Waals surface area (Å²) >= 11 is -0.774. The second-order valence-corrected chi connectivity index (χ2v) is 14.6. The van der Waals surface area contributed by atoms with Gasteiger partial charge in [-0.3, -0.25) is 0 Å². The van der Waals surface area contributed by atoms with Crippen LogP contribution in [0.4, 0.5) is 0 Å². The van der Waals surface area contributed by atoms with Crippen LogP contribution in [-0.2, 0) is 29.7 Å². The SMILES string of the molecule is CC1(C23CC4CC(CC(C4)C2)C3)C=C[C]([Zr+2][c]2cccc3c2Cc2ccccc2-3)=C1.[Cl-].[Cl-]. The van der Waals surface area contributed by atoms with Gasteiger partial charge in [0, 0.05) is 0 Å². The Kier molecular flexibility index (Phi) is 5.97. The quantitative estimate of drug-likeness (QED) is 0.458. The molecule has 0 N–H and O–H groups in total. The van der Waals surface area contributed by atoms with Crippen molar-refractivity contribution >= 4 is 3.27 Å². The van der Waals surface area contributed by atoms with Gasteiger partial charge in [-0.2, -0.15) is 0 Å². The van der Waals surface area contributed by atoms with E-state index in [2.05, 4.69) is 67.6 Å². The van der Waals surface area contributed by atoms with E-state index in [0.717, 1.165) is 24.2 Å². The molecular formula is C29H30Cl2Zr. The van der Waals surface area contributed by atoms with E-state index in [0.29, 0.717) is 10.8 Å². The van der Waals surface area contributed by atoms with Crippen LogP contribution >= 0.6 is 0 Å². The molecule has 0 saturated heterocycles. The van der Waals surface area contributed by atoms with Gasteiger partial charge in [0.05, 0.1) is 0 Å². The molecule has 4 saturated carbocycles. The Bertz CT molecular complexity index is 1080. The number of halogens is 2. The van der Waals surface area contributed by atoms with Gasteiger partial charge in [-0.1, -0.05) is 0 Å². The summed E-state index contributed by atoms with van der Waals surface area (Å²) < 4.78 is 3.43. The number of fused-ring (bicyclic) bond motifs is 3. The molecule has 8 rings (SSSR count). The molecule has 0 amide bonds. The van der Waals surface area contributed by atoms with Crippen molar-refractivity contribution < 1.29 is 48.0 Å². The molecule has 0 spiro atoms. The van der Waals surface area contributed by atoms with E-state index in [1.807, 2.05) is 0 Å². The molecule has 32 heavy (non-hydrogen) atoms. The molecular weight excluding hydrogens is 510 g/mol. The molecule has 2 aromatic rings. The molecule has 0 heterocycles. The molecule has 4 bridgehead atoms. The van der Waals surface area contributed by atoms with Crippen molar-refractivity contribution in [3.63, 3.8) is 0 Å². The van der Waals surface area contributed by atoms with Crippen LogP contribution in [0.15, 0.2) is 64.0 Å². The van der Waals surface area contributed by atoms with Crippen molar-refractivity contribution in [3.8, 4) is 11.1 Å². The summed E-state index contributed by atoms with van der Waals surface area (Å²) in [6, 6.07) is 16.1. The minimum atomic E-state index is -0.774. The zero-order valence-corrected chi connectivity index (χ0v) is 22.7. The van der Waals surface area contributed by atoms with Crippen molar-refractivity contribution in [2.75, 3.05) is 0 Å². The van der Waals surface area contributed by atoms with E-state index in [4.69, 9.17) is 0 Å². The Morgan fingerprint density at radius 3 is 2.19 bits per heavy atom. The Morgan fingerprint density at radius 2 is 1.47 bits per heavy atom. The first kappa shape index (κ1) is 23.1. The molecule has 4 fully saturated rings. The first-order valence-corrected chi connectivity index (χ1v) is 14.5. The summed E-state index contributed by atoms with van der Waals surface area (Å²) in [4.78, 5) is 0. The number of hydrogen-bond donors (Lipinski definition) is 0. The van der Waals surface area contributed by atoms with Crippen molar-refractivity contribution in [3.05, 3.63) is 75.1 Å². The van der Waals surface area contributed by atoms with E-state index < -0.39 is 23.2 Å². The summed E-state index contributed by atoms with van der Waals surface area (Å²) in [6.07, 6.45) is 18.3. The molecule has 0 aliphatic heterocycles. The first-order chi connectivity index (χ1) is 14.6. The Morgan fingerprint density at radius 1 is 0.812 bits per heavy atom. The Hall–Kier alpha value is -0.617. The normalized spacial score (nSPS) is 34.8. The minimum absolute atomic E-state index is 0. The maximum Gasteiger partial charge on any atom is -1.00 e. The number of benzene rings is 2. The molecule has 1 unspecified atom stereocenters. The summed E-state index contributed by atoms with van der Waals surface area (Å²) in [5.74, 6) is 3.11. The molecule has 6 aliphatic rings. The van der Waals surface area contributed by atoms with Crippen LogP contribution in [0.3, 0.4) is 0 Å². The molecule has 6 aliphatic carbocycles. The van der Waals surface area contributed by atoms with E-state index >= 15 is 0 Å². The standard InChI is InChI=1S/C16H21.C13H9.2ClH.Zr/c1-15(4-2-3-5-15)16-9-12-6-13(10-16)8-14(7-12)11-16;1-3-7-12-10(5-1)9-11-6-2-4-8-13(11)12;;;/h2,4-5,12-14H,6-11H2,1H3;1-5,7-8H,9H2;2*1H;/q;;;;+2/p-2. The van der Waals surface area contributed by atoms with Gasteiger partial charge in [0.2, 0.25) is 0 Å². The molecule has 1 atom stereocenters. The van der Waals surface area contributed by atoms with Gasteiger partial charge in [0.1, 0.15) is 0 Å². The van der Waals surface area contributed by atoms with Gasteiger partial charge in [0.15, 0.2) is 0 Å². The van der Waals surface area contributed by atoms with Crippen LogP contribution in [0.25, 0.3) is 11.1 Å². The van der Waals surface area contributed by atoms with Crippen molar-refractivity contribution in [2.45, 2.75) is 51.9 Å². The van der Waals surface area contributed by atoms with Gasteiger partial charge in [0.25, 0.3) is 0 Å².